The van der Waals surface area contributed by atoms with Gasteiger partial charge in [0.15, 0.2) is 17.0 Å². The van der Waals surface area contributed by atoms with Crippen LogP contribution in [0.5, 0.6) is 0 Å². The summed E-state index contributed by atoms with van der Waals surface area (Å²) in [5, 5.41) is 10.0. The molecule has 0 spiro atoms. The Morgan fingerprint density at radius 1 is 1.21 bits per heavy atom. The highest BCUT2D eigenvalue weighted by atomic mass is 79.9. The summed E-state index contributed by atoms with van der Waals surface area (Å²) < 4.78 is 29.7. The number of benzene rings is 1. The van der Waals surface area contributed by atoms with E-state index in [0.717, 1.165) is 0 Å². The van der Waals surface area contributed by atoms with Gasteiger partial charge in [0.25, 0.3) is 11.8 Å². The lowest BCUT2D eigenvalue weighted by Crippen LogP contribution is -2.08. The fourth-order valence-corrected chi connectivity index (χ4v) is 3.45. The molecule has 7 nitrogen and oxygen atoms in total. The van der Waals surface area contributed by atoms with Gasteiger partial charge >= 0.3 is 5.97 Å². The molecule has 142 valence electrons. The van der Waals surface area contributed by atoms with Gasteiger partial charge < -0.3 is 13.6 Å². The number of hydrogen-bond donors (Lipinski definition) is 0. The first-order chi connectivity index (χ1) is 13.6. The Kier molecular flexibility index (Phi) is 5.31. The van der Waals surface area contributed by atoms with Gasteiger partial charge in [-0.2, -0.15) is 0 Å². The second-order valence-corrected chi connectivity index (χ2v) is 7.24. The third kappa shape index (κ3) is 4.34. The Morgan fingerprint density at radius 2 is 2.11 bits per heavy atom. The molecule has 10 heteroatoms. The summed E-state index contributed by atoms with van der Waals surface area (Å²) in [6.07, 6.45) is -0.0159. The van der Waals surface area contributed by atoms with Gasteiger partial charge in [-0.3, -0.25) is 4.79 Å². The summed E-state index contributed by atoms with van der Waals surface area (Å²) >= 11 is 4.52. The molecule has 4 aromatic rings. The van der Waals surface area contributed by atoms with E-state index in [2.05, 4.69) is 31.1 Å². The summed E-state index contributed by atoms with van der Waals surface area (Å²) in [6.45, 7) is -0.158. The first-order valence-electron chi connectivity index (χ1n) is 8.01. The number of carbonyl (C=O) groups excluding carboxylic acids is 1. The number of rotatable bonds is 6. The Bertz CT molecular complexity index is 1120. The zero-order valence-electron chi connectivity index (χ0n) is 14.1. The Hall–Kier alpha value is -2.85. The normalized spacial score (nSPS) is 10.9. The van der Waals surface area contributed by atoms with Gasteiger partial charge in [-0.25, -0.2) is 9.37 Å². The highest BCUT2D eigenvalue weighted by Gasteiger charge is 2.15. The molecule has 0 aliphatic carbocycles. The predicted molar refractivity (Wildman–Crippen MR) is 101 cm³/mol. The topological polar surface area (TPSA) is 91.2 Å². The van der Waals surface area contributed by atoms with Crippen LogP contribution in [-0.2, 0) is 22.6 Å². The third-order valence-electron chi connectivity index (χ3n) is 3.56. The number of furan rings is 1. The largest absolute Gasteiger partial charge is 0.455 e. The Labute approximate surface area is 170 Å². The lowest BCUT2D eigenvalue weighted by atomic mass is 10.2. The average Bonchev–Trinajstić information content (AvgIpc) is 3.40. The van der Waals surface area contributed by atoms with Crippen LogP contribution in [0.3, 0.4) is 0 Å². The van der Waals surface area contributed by atoms with Crippen LogP contribution in [0.15, 0.2) is 55.3 Å². The zero-order chi connectivity index (χ0) is 19.5. The van der Waals surface area contributed by atoms with E-state index in [1.165, 1.54) is 23.5 Å². The van der Waals surface area contributed by atoms with Crippen LogP contribution < -0.4 is 0 Å². The van der Waals surface area contributed by atoms with Crippen molar-refractivity contribution in [2.45, 2.75) is 13.0 Å². The van der Waals surface area contributed by atoms with Crippen molar-refractivity contribution in [3.63, 3.8) is 0 Å². The van der Waals surface area contributed by atoms with Crippen LogP contribution in [-0.4, -0.2) is 21.2 Å². The molecule has 3 heterocycles. The minimum atomic E-state index is -0.489. The molecule has 0 amide bonds. The van der Waals surface area contributed by atoms with Crippen molar-refractivity contribution in [3.8, 4) is 22.2 Å². The van der Waals surface area contributed by atoms with Crippen molar-refractivity contribution in [1.82, 2.24) is 15.2 Å². The highest BCUT2D eigenvalue weighted by Crippen LogP contribution is 2.25. The van der Waals surface area contributed by atoms with Crippen LogP contribution in [0.25, 0.3) is 22.2 Å². The number of esters is 1. The van der Waals surface area contributed by atoms with Gasteiger partial charge in [-0.1, -0.05) is 12.1 Å². The van der Waals surface area contributed by atoms with E-state index in [1.54, 1.807) is 29.6 Å². The fraction of sp³-hybridized carbons (Fsp3) is 0.111. The number of thiazole rings is 1. The van der Waals surface area contributed by atoms with E-state index in [-0.39, 0.29) is 30.6 Å². The molecule has 3 aromatic heterocycles. The zero-order valence-corrected chi connectivity index (χ0v) is 16.5. The molecule has 0 radical (unpaired) electrons. The van der Waals surface area contributed by atoms with E-state index in [4.69, 9.17) is 13.6 Å². The molecule has 0 atom stereocenters. The number of carbonyl (C=O) groups is 1. The molecule has 0 unspecified atom stereocenters. The molecule has 0 fully saturated rings. The first kappa shape index (κ1) is 18.5. The van der Waals surface area contributed by atoms with Crippen molar-refractivity contribution in [1.29, 1.82) is 0 Å². The average molecular weight is 464 g/mol. The predicted octanol–water partition coefficient (Wildman–Crippen LogP) is 4.64. The summed E-state index contributed by atoms with van der Waals surface area (Å²) in [4.78, 5) is 16.4. The molecular weight excluding hydrogens is 453 g/mol. The van der Waals surface area contributed by atoms with Gasteiger partial charge in [0.1, 0.15) is 10.8 Å². The lowest BCUT2D eigenvalue weighted by Gasteiger charge is -2.00. The maximum absolute atomic E-state index is 13.3. The third-order valence-corrected chi connectivity index (χ3v) is 4.92. The number of aromatic nitrogens is 3. The second-order valence-electron chi connectivity index (χ2n) is 5.60. The molecule has 0 aliphatic heterocycles. The van der Waals surface area contributed by atoms with E-state index in [0.29, 0.717) is 26.7 Å². The van der Waals surface area contributed by atoms with Gasteiger partial charge in [0.2, 0.25) is 0 Å². The van der Waals surface area contributed by atoms with E-state index >= 15 is 0 Å². The van der Waals surface area contributed by atoms with Crippen LogP contribution in [0.2, 0.25) is 0 Å². The van der Waals surface area contributed by atoms with Crippen LogP contribution in [0.1, 0.15) is 11.6 Å². The monoisotopic (exact) mass is 463 g/mol. The van der Waals surface area contributed by atoms with E-state index in [9.17, 15) is 9.18 Å². The summed E-state index contributed by atoms with van der Waals surface area (Å²) in [5.41, 5.74) is 1.20. The summed E-state index contributed by atoms with van der Waals surface area (Å²) in [7, 11) is 0. The van der Waals surface area contributed by atoms with Crippen LogP contribution >= 0.6 is 27.3 Å². The second kappa shape index (κ2) is 8.03. The Balaban J connectivity index is 1.33. The fourth-order valence-electron chi connectivity index (χ4n) is 2.32. The molecular formula is C18H11BrFN3O4S. The maximum atomic E-state index is 13.3. The smallest absolute Gasteiger partial charge is 0.312 e. The van der Waals surface area contributed by atoms with Gasteiger partial charge in [0.05, 0.1) is 12.1 Å². The van der Waals surface area contributed by atoms with Crippen LogP contribution in [0.4, 0.5) is 4.39 Å². The first-order valence-corrected chi connectivity index (χ1v) is 9.68. The standard InChI is InChI=1S/C18H11BrFN3O4S/c19-14-5-4-13(26-14)17-23-22-15(27-17)8-25-16(24)7-12-9-28-18(21-12)10-2-1-3-11(20)6-10/h1-6,9H,7-8H2. The molecule has 4 rings (SSSR count). The quantitative estimate of drug-likeness (QED) is 0.384. The molecule has 0 bridgehead atoms. The number of nitrogens with zero attached hydrogens (tertiary/aromatic N) is 3. The Morgan fingerprint density at radius 3 is 2.89 bits per heavy atom. The van der Waals surface area contributed by atoms with Crippen molar-refractivity contribution in [2.24, 2.45) is 0 Å². The molecule has 28 heavy (non-hydrogen) atoms. The van der Waals surface area contributed by atoms with Crippen LogP contribution in [0, 0.1) is 5.82 Å². The SMILES string of the molecule is O=C(Cc1csc(-c2cccc(F)c2)n1)OCc1nnc(-c2ccc(Br)o2)o1. The number of halogens is 2. The van der Waals surface area contributed by atoms with Crippen molar-refractivity contribution < 1.29 is 22.8 Å². The molecule has 0 saturated heterocycles. The van der Waals surface area contributed by atoms with Crippen molar-refractivity contribution in [2.75, 3.05) is 0 Å². The number of ether oxygens (including phenoxy) is 1. The highest BCUT2D eigenvalue weighted by molar-refractivity contribution is 9.10. The molecule has 1 aromatic carbocycles. The summed E-state index contributed by atoms with van der Waals surface area (Å²) in [5.74, 6) is -0.0824. The molecule has 0 N–H and O–H groups in total. The number of hydrogen-bond acceptors (Lipinski definition) is 8. The van der Waals surface area contributed by atoms with Crippen molar-refractivity contribution >= 4 is 33.2 Å². The minimum Gasteiger partial charge on any atom is -0.455 e. The van der Waals surface area contributed by atoms with Gasteiger partial charge in [-0.05, 0) is 40.2 Å². The van der Waals surface area contributed by atoms with Crippen molar-refractivity contribution in [3.05, 3.63) is 63.8 Å². The molecule has 0 aliphatic rings. The van der Waals surface area contributed by atoms with Gasteiger partial charge in [0, 0.05) is 10.9 Å². The molecule has 0 saturated carbocycles. The maximum Gasteiger partial charge on any atom is 0.312 e. The van der Waals surface area contributed by atoms with Gasteiger partial charge in [-0.15, -0.1) is 21.5 Å². The minimum absolute atomic E-state index is 0.0159. The lowest BCUT2D eigenvalue weighted by molar-refractivity contribution is -0.144. The van der Waals surface area contributed by atoms with E-state index in [1.807, 2.05) is 0 Å². The van der Waals surface area contributed by atoms with E-state index < -0.39 is 5.97 Å². The summed E-state index contributed by atoms with van der Waals surface area (Å²) in [6, 6.07) is 9.50.